The monoisotopic (exact) mass is 274 g/mol. The number of nitrogens with two attached hydrogens (primary N) is 1. The molecule has 0 amide bonds. The maximum Gasteiger partial charge on any atom is 0.137 e. The minimum Gasteiger partial charge on any atom is -0.495 e. The number of benzene rings is 1. The molecule has 1 aromatic carbocycles. The zero-order chi connectivity index (χ0) is 13.7. The van der Waals surface area contributed by atoms with E-state index in [4.69, 9.17) is 10.5 Å². The number of thioether (sulfide) groups is 1. The van der Waals surface area contributed by atoms with Gasteiger partial charge in [-0.3, -0.25) is 4.98 Å². The lowest BCUT2D eigenvalue weighted by Gasteiger charge is -2.13. The summed E-state index contributed by atoms with van der Waals surface area (Å²) in [7, 11) is 1.63. The predicted octanol–water partition coefficient (Wildman–Crippen LogP) is 3.25. The molecule has 4 heteroatoms. The first-order chi connectivity index (χ1) is 9.24. The fourth-order valence-corrected chi connectivity index (χ4v) is 2.51. The van der Waals surface area contributed by atoms with Crippen molar-refractivity contribution in [1.29, 1.82) is 0 Å². The smallest absolute Gasteiger partial charge is 0.137 e. The summed E-state index contributed by atoms with van der Waals surface area (Å²) < 4.78 is 5.17. The average molecular weight is 274 g/mol. The Balaban J connectivity index is 2.20. The number of ether oxygens (including phenoxy) is 1. The third-order valence-electron chi connectivity index (χ3n) is 2.88. The van der Waals surface area contributed by atoms with E-state index in [0.29, 0.717) is 0 Å². The van der Waals surface area contributed by atoms with Gasteiger partial charge in [0.2, 0.25) is 0 Å². The summed E-state index contributed by atoms with van der Waals surface area (Å²) in [4.78, 5) is 5.41. The Morgan fingerprint density at radius 2 is 1.95 bits per heavy atom. The quantitative estimate of drug-likeness (QED) is 0.850. The molecule has 0 spiro atoms. The minimum absolute atomic E-state index is 0.178. The average Bonchev–Trinajstić information content (AvgIpc) is 2.48. The van der Waals surface area contributed by atoms with Gasteiger partial charge in [-0.2, -0.15) is 0 Å². The highest BCUT2D eigenvalue weighted by molar-refractivity contribution is 7.99. The van der Waals surface area contributed by atoms with Gasteiger partial charge in [0.05, 0.1) is 19.3 Å². The molecule has 0 radical (unpaired) electrons. The largest absolute Gasteiger partial charge is 0.495 e. The Bertz CT molecular complexity index is 528. The van der Waals surface area contributed by atoms with Gasteiger partial charge >= 0.3 is 0 Å². The van der Waals surface area contributed by atoms with Crippen molar-refractivity contribution in [1.82, 2.24) is 4.98 Å². The minimum atomic E-state index is -0.178. The topological polar surface area (TPSA) is 48.1 Å². The van der Waals surface area contributed by atoms with Gasteiger partial charge in [0.1, 0.15) is 5.75 Å². The molecule has 1 unspecified atom stereocenters. The fourth-order valence-electron chi connectivity index (χ4n) is 1.85. The van der Waals surface area contributed by atoms with Crippen LogP contribution in [0.25, 0.3) is 0 Å². The lowest BCUT2D eigenvalue weighted by molar-refractivity contribution is 0.412. The molecule has 3 nitrogen and oxygen atoms in total. The molecule has 2 rings (SSSR count). The Hall–Kier alpha value is -1.52. The second-order valence-electron chi connectivity index (χ2n) is 4.14. The van der Waals surface area contributed by atoms with Crippen LogP contribution in [-0.2, 0) is 0 Å². The Morgan fingerprint density at radius 1 is 1.21 bits per heavy atom. The van der Waals surface area contributed by atoms with Crippen molar-refractivity contribution >= 4 is 11.8 Å². The van der Waals surface area contributed by atoms with Crippen LogP contribution in [0.2, 0.25) is 0 Å². The van der Waals surface area contributed by atoms with Crippen LogP contribution < -0.4 is 10.5 Å². The van der Waals surface area contributed by atoms with E-state index in [1.54, 1.807) is 19.5 Å². The van der Waals surface area contributed by atoms with Crippen LogP contribution in [0.15, 0.2) is 47.6 Å². The molecule has 2 N–H and O–H groups in total. The zero-order valence-corrected chi connectivity index (χ0v) is 12.0. The summed E-state index contributed by atoms with van der Waals surface area (Å²) in [6.45, 7) is 2.15. The third kappa shape index (κ3) is 3.49. The van der Waals surface area contributed by atoms with E-state index in [2.05, 4.69) is 36.2 Å². The second kappa shape index (κ2) is 6.59. The molecule has 1 heterocycles. The van der Waals surface area contributed by atoms with E-state index in [0.717, 1.165) is 22.6 Å². The first kappa shape index (κ1) is 13.9. The van der Waals surface area contributed by atoms with E-state index in [1.807, 2.05) is 17.8 Å². The zero-order valence-electron chi connectivity index (χ0n) is 11.2. The van der Waals surface area contributed by atoms with Crippen LogP contribution in [0.1, 0.15) is 24.1 Å². The van der Waals surface area contributed by atoms with Crippen LogP contribution in [0.5, 0.6) is 5.75 Å². The summed E-state index contributed by atoms with van der Waals surface area (Å²) >= 11 is 1.82. The highest BCUT2D eigenvalue weighted by Crippen LogP contribution is 2.24. The lowest BCUT2D eigenvalue weighted by atomic mass is 10.0. The molecule has 100 valence electrons. The van der Waals surface area contributed by atoms with E-state index in [-0.39, 0.29) is 6.04 Å². The number of methoxy groups -OCH3 is 1. The van der Waals surface area contributed by atoms with Gasteiger partial charge in [-0.25, -0.2) is 0 Å². The van der Waals surface area contributed by atoms with Crippen molar-refractivity contribution < 1.29 is 4.74 Å². The fraction of sp³-hybridized carbons (Fsp3) is 0.267. The standard InChI is InChI=1S/C15H18N2OS/c1-3-19-14-6-4-11(5-7-14)15(16)12-8-13(18-2)10-17-9-12/h4-10,15H,3,16H2,1-2H3. The number of aromatic nitrogens is 1. The Morgan fingerprint density at radius 3 is 2.58 bits per heavy atom. The molecule has 19 heavy (non-hydrogen) atoms. The maximum absolute atomic E-state index is 6.26. The summed E-state index contributed by atoms with van der Waals surface area (Å²) in [5.41, 5.74) is 8.29. The van der Waals surface area contributed by atoms with Crippen LogP contribution in [0.3, 0.4) is 0 Å². The summed E-state index contributed by atoms with van der Waals surface area (Å²) in [5, 5.41) is 0. The number of hydrogen-bond donors (Lipinski definition) is 1. The molecule has 0 aliphatic heterocycles. The van der Waals surface area contributed by atoms with E-state index in [9.17, 15) is 0 Å². The second-order valence-corrected chi connectivity index (χ2v) is 5.48. The molecule has 0 saturated heterocycles. The SMILES string of the molecule is CCSc1ccc(C(N)c2cncc(OC)c2)cc1. The van der Waals surface area contributed by atoms with Crippen molar-refractivity contribution in [3.8, 4) is 5.75 Å². The molecular weight excluding hydrogens is 256 g/mol. The van der Waals surface area contributed by atoms with Crippen molar-refractivity contribution in [2.24, 2.45) is 5.73 Å². The molecule has 2 aromatic rings. The van der Waals surface area contributed by atoms with E-state index < -0.39 is 0 Å². The number of hydrogen-bond acceptors (Lipinski definition) is 4. The van der Waals surface area contributed by atoms with Crippen LogP contribution in [0.4, 0.5) is 0 Å². The first-order valence-corrected chi connectivity index (χ1v) is 7.20. The summed E-state index contributed by atoms with van der Waals surface area (Å²) in [6.07, 6.45) is 3.46. The molecule has 0 bridgehead atoms. The molecule has 1 atom stereocenters. The van der Waals surface area contributed by atoms with Crippen molar-refractivity contribution in [3.63, 3.8) is 0 Å². The van der Waals surface area contributed by atoms with Gasteiger partial charge in [0.15, 0.2) is 0 Å². The number of pyridine rings is 1. The Kier molecular flexibility index (Phi) is 4.82. The lowest BCUT2D eigenvalue weighted by Crippen LogP contribution is -2.12. The van der Waals surface area contributed by atoms with Gasteiger partial charge in [0, 0.05) is 11.1 Å². The normalized spacial score (nSPS) is 12.2. The maximum atomic E-state index is 6.26. The predicted molar refractivity (Wildman–Crippen MR) is 79.7 cm³/mol. The molecule has 0 fully saturated rings. The van der Waals surface area contributed by atoms with Gasteiger partial charge in [0.25, 0.3) is 0 Å². The van der Waals surface area contributed by atoms with Crippen molar-refractivity contribution in [2.75, 3.05) is 12.9 Å². The highest BCUT2D eigenvalue weighted by atomic mass is 32.2. The summed E-state index contributed by atoms with van der Waals surface area (Å²) in [5.74, 6) is 1.80. The third-order valence-corrected chi connectivity index (χ3v) is 3.77. The van der Waals surface area contributed by atoms with Gasteiger partial charge in [-0.1, -0.05) is 19.1 Å². The Labute approximate surface area is 118 Å². The van der Waals surface area contributed by atoms with Gasteiger partial charge in [-0.05, 0) is 35.1 Å². The van der Waals surface area contributed by atoms with Gasteiger partial charge < -0.3 is 10.5 Å². The number of nitrogens with zero attached hydrogens (tertiary/aromatic N) is 1. The molecule has 1 aromatic heterocycles. The van der Waals surface area contributed by atoms with Crippen molar-refractivity contribution in [2.45, 2.75) is 17.9 Å². The van der Waals surface area contributed by atoms with Gasteiger partial charge in [-0.15, -0.1) is 11.8 Å². The highest BCUT2D eigenvalue weighted by Gasteiger charge is 2.10. The number of rotatable bonds is 5. The van der Waals surface area contributed by atoms with Crippen molar-refractivity contribution in [3.05, 3.63) is 53.9 Å². The van der Waals surface area contributed by atoms with Crippen LogP contribution in [0, 0.1) is 0 Å². The van der Waals surface area contributed by atoms with E-state index in [1.165, 1.54) is 4.90 Å². The van der Waals surface area contributed by atoms with Crippen LogP contribution in [-0.4, -0.2) is 17.8 Å². The molecule has 0 aliphatic carbocycles. The molecule has 0 saturated carbocycles. The molecular formula is C15H18N2OS. The van der Waals surface area contributed by atoms with E-state index >= 15 is 0 Å². The molecule has 0 aliphatic rings. The van der Waals surface area contributed by atoms with Crippen LogP contribution >= 0.6 is 11.8 Å². The summed E-state index contributed by atoms with van der Waals surface area (Å²) in [6, 6.07) is 10.1. The first-order valence-electron chi connectivity index (χ1n) is 6.22.